The molecule has 0 aliphatic carbocycles. The number of methoxy groups -OCH3 is 1. The van der Waals surface area contributed by atoms with Gasteiger partial charge in [0.1, 0.15) is 17.0 Å². The first kappa shape index (κ1) is 10.2. The summed E-state index contributed by atoms with van der Waals surface area (Å²) in [6.45, 7) is 1.88. The van der Waals surface area contributed by atoms with E-state index in [1.165, 1.54) is 25.2 Å². The van der Waals surface area contributed by atoms with Gasteiger partial charge in [-0.2, -0.15) is 4.98 Å². The van der Waals surface area contributed by atoms with Crippen molar-refractivity contribution in [3.8, 4) is 5.88 Å². The summed E-state index contributed by atoms with van der Waals surface area (Å²) < 4.78 is 5.07. The number of ether oxygens (including phenoxy) is 1. The molecule has 0 aromatic carbocycles. The summed E-state index contributed by atoms with van der Waals surface area (Å²) in [7, 11) is 1.52. The second-order valence-electron chi connectivity index (χ2n) is 3.26. The highest BCUT2D eigenvalue weighted by Crippen LogP contribution is 2.35. The second-order valence-corrected chi connectivity index (χ2v) is 4.27. The van der Waals surface area contributed by atoms with Crippen molar-refractivity contribution >= 4 is 23.4 Å². The topological polar surface area (TPSA) is 64.1 Å². The molecular formula is C9H11N3O2S. The van der Waals surface area contributed by atoms with E-state index in [-0.39, 0.29) is 11.8 Å². The number of fused-ring (bicyclic) bond motifs is 1. The van der Waals surface area contributed by atoms with Crippen LogP contribution in [0.5, 0.6) is 5.88 Å². The van der Waals surface area contributed by atoms with Gasteiger partial charge < -0.3 is 10.1 Å². The maximum absolute atomic E-state index is 11.6. The first-order valence-electron chi connectivity index (χ1n) is 4.55. The number of carbonyl (C=O) groups is 1. The lowest BCUT2D eigenvalue weighted by Crippen LogP contribution is -2.20. The van der Waals surface area contributed by atoms with Crippen LogP contribution in [0.1, 0.15) is 6.92 Å². The number of anilines is 1. The molecule has 0 radical (unpaired) electrons. The molecular weight excluding hydrogens is 214 g/mol. The van der Waals surface area contributed by atoms with Crippen molar-refractivity contribution in [3.05, 3.63) is 6.33 Å². The van der Waals surface area contributed by atoms with Crippen molar-refractivity contribution in [1.82, 2.24) is 9.97 Å². The number of amides is 1. The summed E-state index contributed by atoms with van der Waals surface area (Å²) in [5.74, 6) is 1.08. The Morgan fingerprint density at radius 2 is 2.40 bits per heavy atom. The van der Waals surface area contributed by atoms with Gasteiger partial charge >= 0.3 is 0 Å². The summed E-state index contributed by atoms with van der Waals surface area (Å²) >= 11 is 1.54. The van der Waals surface area contributed by atoms with Gasteiger partial charge in [-0.15, -0.1) is 11.8 Å². The van der Waals surface area contributed by atoms with Crippen LogP contribution in [-0.2, 0) is 4.79 Å². The van der Waals surface area contributed by atoms with Crippen molar-refractivity contribution in [2.24, 2.45) is 5.92 Å². The maximum atomic E-state index is 11.6. The second kappa shape index (κ2) is 4.06. The minimum Gasteiger partial charge on any atom is -0.479 e. The molecule has 1 aromatic heterocycles. The van der Waals surface area contributed by atoms with Crippen LogP contribution >= 0.6 is 11.8 Å². The summed E-state index contributed by atoms with van der Waals surface area (Å²) in [5.41, 5.74) is 0.583. The van der Waals surface area contributed by atoms with Gasteiger partial charge in [-0.3, -0.25) is 4.79 Å². The zero-order valence-corrected chi connectivity index (χ0v) is 9.30. The highest BCUT2D eigenvalue weighted by atomic mass is 32.2. The summed E-state index contributed by atoms with van der Waals surface area (Å²) in [6.07, 6.45) is 1.44. The van der Waals surface area contributed by atoms with Gasteiger partial charge in [0, 0.05) is 11.7 Å². The van der Waals surface area contributed by atoms with Crippen LogP contribution in [0.15, 0.2) is 11.4 Å². The Morgan fingerprint density at radius 3 is 3.13 bits per heavy atom. The summed E-state index contributed by atoms with van der Waals surface area (Å²) in [4.78, 5) is 19.7. The predicted octanol–water partition coefficient (Wildman–Crippen LogP) is 1.17. The molecule has 1 aliphatic heterocycles. The van der Waals surface area contributed by atoms with Crippen LogP contribution in [0, 0.1) is 5.92 Å². The van der Waals surface area contributed by atoms with Gasteiger partial charge in [0.25, 0.3) is 0 Å². The molecule has 0 saturated carbocycles. The standard InChI is InChI=1S/C9H11N3O2S/c1-5-3-15-9-6(12-7(5)13)8(14-2)10-4-11-9/h4-5H,3H2,1-2H3,(H,12,13). The number of hydrogen-bond donors (Lipinski definition) is 1. The lowest BCUT2D eigenvalue weighted by Gasteiger charge is -2.08. The average molecular weight is 225 g/mol. The molecule has 1 N–H and O–H groups in total. The minimum atomic E-state index is -0.0334. The van der Waals surface area contributed by atoms with Gasteiger partial charge in [-0.1, -0.05) is 6.92 Å². The average Bonchev–Trinajstić information content (AvgIpc) is 2.39. The normalized spacial score (nSPS) is 20.1. The van der Waals surface area contributed by atoms with Crippen LogP contribution in [0.3, 0.4) is 0 Å². The molecule has 2 rings (SSSR count). The molecule has 15 heavy (non-hydrogen) atoms. The third-order valence-electron chi connectivity index (χ3n) is 2.14. The van der Waals surface area contributed by atoms with Gasteiger partial charge in [-0.25, -0.2) is 4.98 Å². The van der Waals surface area contributed by atoms with E-state index in [0.29, 0.717) is 11.6 Å². The van der Waals surface area contributed by atoms with Crippen molar-refractivity contribution in [2.75, 3.05) is 18.2 Å². The van der Waals surface area contributed by atoms with Gasteiger partial charge in [-0.05, 0) is 0 Å². The van der Waals surface area contributed by atoms with Crippen molar-refractivity contribution in [2.45, 2.75) is 11.9 Å². The minimum absolute atomic E-state index is 0.0191. The summed E-state index contributed by atoms with van der Waals surface area (Å²) in [5, 5.41) is 3.55. The molecule has 1 unspecified atom stereocenters. The maximum Gasteiger partial charge on any atom is 0.241 e. The van der Waals surface area contributed by atoms with Crippen LogP contribution in [0.4, 0.5) is 5.69 Å². The Bertz CT molecular complexity index is 397. The first-order chi connectivity index (χ1) is 7.22. The van der Waals surface area contributed by atoms with Crippen LogP contribution < -0.4 is 10.1 Å². The molecule has 6 heteroatoms. The van der Waals surface area contributed by atoms with Crippen LogP contribution in [-0.4, -0.2) is 28.7 Å². The third kappa shape index (κ3) is 1.90. The number of thioether (sulfide) groups is 1. The molecule has 0 saturated heterocycles. The molecule has 1 aromatic rings. The smallest absolute Gasteiger partial charge is 0.241 e. The molecule has 5 nitrogen and oxygen atoms in total. The number of carbonyl (C=O) groups excluding carboxylic acids is 1. The van der Waals surface area contributed by atoms with E-state index in [0.717, 1.165) is 10.8 Å². The quantitative estimate of drug-likeness (QED) is 0.727. The number of hydrogen-bond acceptors (Lipinski definition) is 5. The summed E-state index contributed by atoms with van der Waals surface area (Å²) in [6, 6.07) is 0. The van der Waals surface area contributed by atoms with Gasteiger partial charge in [0.05, 0.1) is 7.11 Å². The number of aromatic nitrogens is 2. The Morgan fingerprint density at radius 1 is 1.60 bits per heavy atom. The highest BCUT2D eigenvalue weighted by molar-refractivity contribution is 7.99. The fourth-order valence-corrected chi connectivity index (χ4v) is 2.22. The van der Waals surface area contributed by atoms with E-state index in [1.807, 2.05) is 6.92 Å². The Kier molecular flexibility index (Phi) is 2.77. The zero-order chi connectivity index (χ0) is 10.8. The number of nitrogens with zero attached hydrogens (tertiary/aromatic N) is 2. The van der Waals surface area contributed by atoms with Crippen molar-refractivity contribution in [3.63, 3.8) is 0 Å². The first-order valence-corrected chi connectivity index (χ1v) is 5.53. The van der Waals surface area contributed by atoms with E-state index < -0.39 is 0 Å². The number of rotatable bonds is 1. The van der Waals surface area contributed by atoms with Crippen molar-refractivity contribution < 1.29 is 9.53 Å². The monoisotopic (exact) mass is 225 g/mol. The Labute approximate surface area is 91.6 Å². The zero-order valence-electron chi connectivity index (χ0n) is 8.48. The fraction of sp³-hybridized carbons (Fsp3) is 0.444. The lowest BCUT2D eigenvalue weighted by molar-refractivity contribution is -0.118. The molecule has 0 fully saturated rings. The van der Waals surface area contributed by atoms with Gasteiger partial charge in [0.15, 0.2) is 0 Å². The predicted molar refractivity (Wildman–Crippen MR) is 57.1 cm³/mol. The largest absolute Gasteiger partial charge is 0.479 e. The van der Waals surface area contributed by atoms with Crippen LogP contribution in [0.25, 0.3) is 0 Å². The Balaban J connectivity index is 2.43. The van der Waals surface area contributed by atoms with E-state index >= 15 is 0 Å². The molecule has 0 spiro atoms. The van der Waals surface area contributed by atoms with Gasteiger partial charge in [0.2, 0.25) is 11.8 Å². The van der Waals surface area contributed by atoms with E-state index in [9.17, 15) is 4.79 Å². The molecule has 80 valence electrons. The third-order valence-corrected chi connectivity index (χ3v) is 3.39. The van der Waals surface area contributed by atoms with Crippen LogP contribution in [0.2, 0.25) is 0 Å². The molecule has 2 heterocycles. The lowest BCUT2D eigenvalue weighted by atomic mass is 10.2. The van der Waals surface area contributed by atoms with E-state index in [4.69, 9.17) is 4.74 Å². The van der Waals surface area contributed by atoms with E-state index in [2.05, 4.69) is 15.3 Å². The molecule has 1 atom stereocenters. The molecule has 1 aliphatic rings. The molecule has 0 bridgehead atoms. The Hall–Kier alpha value is -1.30. The van der Waals surface area contributed by atoms with E-state index in [1.54, 1.807) is 0 Å². The highest BCUT2D eigenvalue weighted by Gasteiger charge is 2.24. The fourth-order valence-electron chi connectivity index (χ4n) is 1.25. The van der Waals surface area contributed by atoms with Crippen molar-refractivity contribution in [1.29, 1.82) is 0 Å². The SMILES string of the molecule is COc1ncnc2c1NC(=O)C(C)CS2. The molecule has 1 amide bonds. The number of nitrogens with one attached hydrogen (secondary N) is 1.